The van der Waals surface area contributed by atoms with Crippen LogP contribution in [0.2, 0.25) is 5.02 Å². The fraction of sp³-hybridized carbons (Fsp3) is 0.533. The van der Waals surface area contributed by atoms with E-state index in [2.05, 4.69) is 30.7 Å². The van der Waals surface area contributed by atoms with E-state index >= 15 is 0 Å². The molecule has 1 fully saturated rings. The van der Waals surface area contributed by atoms with Crippen molar-refractivity contribution in [1.29, 1.82) is 0 Å². The highest BCUT2D eigenvalue weighted by Gasteiger charge is 2.31. The van der Waals surface area contributed by atoms with E-state index in [-0.39, 0.29) is 11.3 Å². The first-order valence-electron chi connectivity index (χ1n) is 6.61. The number of carbonyl (C=O) groups is 1. The molecule has 1 heterocycles. The molecule has 0 aliphatic carbocycles. The van der Waals surface area contributed by atoms with Gasteiger partial charge in [0.1, 0.15) is 0 Å². The number of carbonyl (C=O) groups excluding carboxylic acids is 1. The molecule has 0 aromatic heterocycles. The van der Waals surface area contributed by atoms with Crippen molar-refractivity contribution in [2.45, 2.75) is 19.4 Å². The summed E-state index contributed by atoms with van der Waals surface area (Å²) in [6, 6.07) is 7.18. The van der Waals surface area contributed by atoms with Gasteiger partial charge in [0.25, 0.3) is 0 Å². The number of rotatable bonds is 3. The summed E-state index contributed by atoms with van der Waals surface area (Å²) in [7, 11) is 2.14. The molecule has 0 spiro atoms. The lowest BCUT2D eigenvalue weighted by molar-refractivity contribution is 0.0390. The number of hydrogen-bond acceptors (Lipinski definition) is 3. The predicted molar refractivity (Wildman–Crippen MR) is 78.9 cm³/mol. The zero-order valence-electron chi connectivity index (χ0n) is 11.8. The minimum absolute atomic E-state index is 0.118. The number of hydrogen-bond donors (Lipinski definition) is 0. The molecule has 1 aromatic rings. The summed E-state index contributed by atoms with van der Waals surface area (Å²) in [5.74, 6) is 0.142. The third-order valence-corrected chi connectivity index (χ3v) is 4.14. The SMILES string of the molecule is CN1CCN(CC(=O)c2cccc(Cl)c2)CC1(C)C. The molecule has 1 aliphatic heterocycles. The van der Waals surface area contributed by atoms with Crippen molar-refractivity contribution in [3.63, 3.8) is 0 Å². The molecule has 3 nitrogen and oxygen atoms in total. The van der Waals surface area contributed by atoms with Crippen LogP contribution in [0.1, 0.15) is 24.2 Å². The molecule has 0 atom stereocenters. The first-order valence-corrected chi connectivity index (χ1v) is 6.99. The second-order valence-electron chi connectivity index (χ2n) is 5.88. The summed E-state index contributed by atoms with van der Waals surface area (Å²) >= 11 is 5.92. The molecule has 2 rings (SSSR count). The van der Waals surface area contributed by atoms with Crippen molar-refractivity contribution in [2.75, 3.05) is 33.2 Å². The first-order chi connectivity index (χ1) is 8.88. The lowest BCUT2D eigenvalue weighted by atomic mass is 9.99. The van der Waals surface area contributed by atoms with Crippen LogP contribution in [0.4, 0.5) is 0 Å². The van der Waals surface area contributed by atoms with Crippen LogP contribution in [0.15, 0.2) is 24.3 Å². The Kier molecular flexibility index (Phi) is 4.29. The summed E-state index contributed by atoms with van der Waals surface area (Å²) in [5, 5.41) is 0.615. The highest BCUT2D eigenvalue weighted by molar-refractivity contribution is 6.31. The third-order valence-electron chi connectivity index (χ3n) is 3.91. The topological polar surface area (TPSA) is 23.6 Å². The highest BCUT2D eigenvalue weighted by Crippen LogP contribution is 2.19. The molecule has 104 valence electrons. The molecule has 19 heavy (non-hydrogen) atoms. The molecular formula is C15H21ClN2O. The van der Waals surface area contributed by atoms with E-state index in [1.165, 1.54) is 0 Å². The minimum atomic E-state index is 0.118. The van der Waals surface area contributed by atoms with E-state index in [0.717, 1.165) is 19.6 Å². The Labute approximate surface area is 120 Å². The molecule has 0 bridgehead atoms. The Morgan fingerprint density at radius 1 is 1.37 bits per heavy atom. The summed E-state index contributed by atoms with van der Waals surface area (Å²) in [6.07, 6.45) is 0. The Balaban J connectivity index is 2.00. The van der Waals surface area contributed by atoms with Gasteiger partial charge in [0.15, 0.2) is 5.78 Å². The standard InChI is InChI=1S/C15H21ClN2O/c1-15(2)11-18(8-7-17(15)3)10-14(19)12-5-4-6-13(16)9-12/h4-6,9H,7-8,10-11H2,1-3H3. The average molecular weight is 281 g/mol. The second-order valence-corrected chi connectivity index (χ2v) is 6.31. The average Bonchev–Trinajstić information content (AvgIpc) is 2.33. The van der Waals surface area contributed by atoms with Crippen molar-refractivity contribution >= 4 is 17.4 Å². The quantitative estimate of drug-likeness (QED) is 0.795. The highest BCUT2D eigenvalue weighted by atomic mass is 35.5. The van der Waals surface area contributed by atoms with Crippen LogP contribution in [0.3, 0.4) is 0 Å². The van der Waals surface area contributed by atoms with E-state index in [9.17, 15) is 4.79 Å². The molecule has 1 saturated heterocycles. The van der Waals surface area contributed by atoms with Crippen LogP contribution >= 0.6 is 11.6 Å². The fourth-order valence-corrected chi connectivity index (χ4v) is 2.62. The Morgan fingerprint density at radius 2 is 2.11 bits per heavy atom. The number of nitrogens with zero attached hydrogens (tertiary/aromatic N) is 2. The number of benzene rings is 1. The number of Topliss-reactive ketones (excluding diaryl/α,β-unsaturated/α-hetero) is 1. The Morgan fingerprint density at radius 3 is 2.74 bits per heavy atom. The number of likely N-dealkylation sites (N-methyl/N-ethyl adjacent to an activating group) is 1. The van der Waals surface area contributed by atoms with E-state index < -0.39 is 0 Å². The van der Waals surface area contributed by atoms with Gasteiger partial charge in [-0.05, 0) is 33.0 Å². The van der Waals surface area contributed by atoms with Crippen molar-refractivity contribution < 1.29 is 4.79 Å². The van der Waals surface area contributed by atoms with Gasteiger partial charge in [-0.2, -0.15) is 0 Å². The lowest BCUT2D eigenvalue weighted by Gasteiger charge is -2.45. The van der Waals surface area contributed by atoms with Crippen LogP contribution in [-0.2, 0) is 0 Å². The maximum Gasteiger partial charge on any atom is 0.176 e. The molecule has 0 saturated carbocycles. The van der Waals surface area contributed by atoms with Crippen molar-refractivity contribution in [1.82, 2.24) is 9.80 Å². The molecule has 1 aromatic carbocycles. The molecular weight excluding hydrogens is 260 g/mol. The van der Waals surface area contributed by atoms with E-state index in [1.54, 1.807) is 12.1 Å². The van der Waals surface area contributed by atoms with Gasteiger partial charge < -0.3 is 0 Å². The smallest absolute Gasteiger partial charge is 0.176 e. The summed E-state index contributed by atoms with van der Waals surface area (Å²) in [4.78, 5) is 16.8. The van der Waals surface area contributed by atoms with Gasteiger partial charge in [0.05, 0.1) is 6.54 Å². The van der Waals surface area contributed by atoms with Crippen LogP contribution in [0.5, 0.6) is 0 Å². The summed E-state index contributed by atoms with van der Waals surface area (Å²) < 4.78 is 0. The maximum atomic E-state index is 12.2. The van der Waals surface area contributed by atoms with Crippen LogP contribution in [0, 0.1) is 0 Å². The third kappa shape index (κ3) is 3.56. The molecule has 0 radical (unpaired) electrons. The minimum Gasteiger partial charge on any atom is -0.299 e. The lowest BCUT2D eigenvalue weighted by Crippen LogP contribution is -2.58. The molecule has 1 aliphatic rings. The van der Waals surface area contributed by atoms with E-state index in [4.69, 9.17) is 11.6 Å². The first kappa shape index (κ1) is 14.5. The normalized spacial score (nSPS) is 20.4. The maximum absolute atomic E-state index is 12.2. The number of piperazine rings is 1. The Hall–Kier alpha value is -0.900. The number of halogens is 1. The van der Waals surface area contributed by atoms with Crippen molar-refractivity contribution in [3.8, 4) is 0 Å². The van der Waals surface area contributed by atoms with Gasteiger partial charge in [-0.1, -0.05) is 23.7 Å². The van der Waals surface area contributed by atoms with Gasteiger partial charge in [-0.3, -0.25) is 14.6 Å². The molecule has 0 N–H and O–H groups in total. The molecule has 0 unspecified atom stereocenters. The zero-order valence-corrected chi connectivity index (χ0v) is 12.6. The van der Waals surface area contributed by atoms with Crippen LogP contribution in [-0.4, -0.2) is 54.3 Å². The molecule has 0 amide bonds. The van der Waals surface area contributed by atoms with Gasteiger partial charge in [-0.15, -0.1) is 0 Å². The van der Waals surface area contributed by atoms with Crippen molar-refractivity contribution in [3.05, 3.63) is 34.9 Å². The van der Waals surface area contributed by atoms with Crippen LogP contribution in [0.25, 0.3) is 0 Å². The monoisotopic (exact) mass is 280 g/mol. The van der Waals surface area contributed by atoms with Crippen LogP contribution < -0.4 is 0 Å². The van der Waals surface area contributed by atoms with E-state index in [1.807, 2.05) is 12.1 Å². The second kappa shape index (κ2) is 5.61. The number of ketones is 1. The fourth-order valence-electron chi connectivity index (χ4n) is 2.43. The van der Waals surface area contributed by atoms with Gasteiger partial charge in [0, 0.05) is 35.8 Å². The van der Waals surface area contributed by atoms with Crippen molar-refractivity contribution in [2.24, 2.45) is 0 Å². The summed E-state index contributed by atoms with van der Waals surface area (Å²) in [6.45, 7) is 7.74. The predicted octanol–water partition coefficient (Wildman–Crippen LogP) is 2.55. The molecule has 4 heteroatoms. The van der Waals surface area contributed by atoms with E-state index in [0.29, 0.717) is 17.1 Å². The zero-order chi connectivity index (χ0) is 14.0. The Bertz CT molecular complexity index is 473. The van der Waals surface area contributed by atoms with Gasteiger partial charge >= 0.3 is 0 Å². The van der Waals surface area contributed by atoms with Gasteiger partial charge in [0.2, 0.25) is 0 Å². The summed E-state index contributed by atoms with van der Waals surface area (Å²) in [5.41, 5.74) is 0.816. The van der Waals surface area contributed by atoms with Gasteiger partial charge in [-0.25, -0.2) is 0 Å². The largest absolute Gasteiger partial charge is 0.299 e.